The summed E-state index contributed by atoms with van der Waals surface area (Å²) in [6.45, 7) is 0.377. The van der Waals surface area contributed by atoms with Gasteiger partial charge < -0.3 is 9.47 Å². The van der Waals surface area contributed by atoms with Crippen LogP contribution in [0.1, 0.15) is 22.3 Å². The molecule has 0 fully saturated rings. The topological polar surface area (TPSA) is 64.4 Å². The summed E-state index contributed by atoms with van der Waals surface area (Å²) in [7, 11) is 1.65. The van der Waals surface area contributed by atoms with Crippen LogP contribution in [0.5, 0.6) is 11.5 Å². The Bertz CT molecular complexity index is 1230. The summed E-state index contributed by atoms with van der Waals surface area (Å²) < 4.78 is 13.7. The molecule has 0 saturated heterocycles. The van der Waals surface area contributed by atoms with Crippen LogP contribution in [0.2, 0.25) is 0 Å². The quantitative estimate of drug-likeness (QED) is 0.316. The summed E-state index contributed by atoms with van der Waals surface area (Å²) in [5.41, 5.74) is 4.21. The molecule has 4 rings (SSSR count). The molecular weight excluding hydrogens is 408 g/mol. The maximum atomic E-state index is 6.20. The van der Waals surface area contributed by atoms with Gasteiger partial charge >= 0.3 is 0 Å². The number of nitrogens with one attached hydrogen (secondary N) is 1. The molecule has 0 aliphatic carbocycles. The first-order valence-electron chi connectivity index (χ1n) is 9.81. The van der Waals surface area contributed by atoms with Gasteiger partial charge in [0, 0.05) is 12.0 Å². The van der Waals surface area contributed by atoms with Gasteiger partial charge in [-0.2, -0.15) is 14.9 Å². The molecule has 31 heavy (non-hydrogen) atoms. The number of hydrogen-bond donors (Lipinski definition) is 1. The Hall–Kier alpha value is -3.71. The van der Waals surface area contributed by atoms with Crippen LogP contribution in [0.15, 0.2) is 84.2 Å². The third-order valence-corrected chi connectivity index (χ3v) is 5.04. The van der Waals surface area contributed by atoms with E-state index in [1.807, 2.05) is 54.6 Å². The number of nitrogens with zero attached hydrogens (tertiary/aromatic N) is 3. The van der Waals surface area contributed by atoms with Gasteiger partial charge in [0.25, 0.3) is 0 Å². The van der Waals surface area contributed by atoms with Crippen LogP contribution in [-0.2, 0) is 13.0 Å². The van der Waals surface area contributed by atoms with Gasteiger partial charge in [-0.1, -0.05) is 48.5 Å². The summed E-state index contributed by atoms with van der Waals surface area (Å²) in [5, 5.41) is 10.9. The Kier molecular flexibility index (Phi) is 6.54. The predicted molar refractivity (Wildman–Crippen MR) is 123 cm³/mol. The molecule has 0 unspecified atom stereocenters. The lowest BCUT2D eigenvalue weighted by atomic mass is 10.0. The number of aromatic nitrogens is 3. The number of rotatable bonds is 8. The van der Waals surface area contributed by atoms with Crippen molar-refractivity contribution in [3.63, 3.8) is 0 Å². The molecule has 3 aromatic carbocycles. The molecule has 0 aliphatic rings. The molecule has 0 aliphatic heterocycles. The van der Waals surface area contributed by atoms with Crippen LogP contribution >= 0.6 is 12.2 Å². The number of benzene rings is 3. The van der Waals surface area contributed by atoms with E-state index in [2.05, 4.69) is 33.5 Å². The lowest BCUT2D eigenvalue weighted by Gasteiger charge is -2.14. The largest absolute Gasteiger partial charge is 0.496 e. The molecule has 0 saturated carbocycles. The summed E-state index contributed by atoms with van der Waals surface area (Å²) in [6, 6.07) is 24.3. The molecule has 6 nitrogen and oxygen atoms in total. The van der Waals surface area contributed by atoms with Crippen molar-refractivity contribution in [2.24, 2.45) is 5.10 Å². The normalized spacial score (nSPS) is 11.0. The zero-order valence-electron chi connectivity index (χ0n) is 17.1. The fourth-order valence-corrected chi connectivity index (χ4v) is 3.35. The second kappa shape index (κ2) is 9.86. The van der Waals surface area contributed by atoms with Crippen molar-refractivity contribution in [1.29, 1.82) is 0 Å². The number of ether oxygens (including phenoxy) is 2. The molecule has 0 atom stereocenters. The highest BCUT2D eigenvalue weighted by molar-refractivity contribution is 7.71. The number of aromatic amines is 1. The second-order valence-electron chi connectivity index (χ2n) is 6.88. The zero-order chi connectivity index (χ0) is 21.5. The smallest absolute Gasteiger partial charge is 0.216 e. The fourth-order valence-electron chi connectivity index (χ4n) is 3.21. The highest BCUT2D eigenvalue weighted by atomic mass is 32.1. The third kappa shape index (κ3) is 5.26. The Balaban J connectivity index is 1.52. The van der Waals surface area contributed by atoms with Gasteiger partial charge in [-0.3, -0.25) is 5.10 Å². The van der Waals surface area contributed by atoms with Gasteiger partial charge in [0.2, 0.25) is 4.77 Å². The fraction of sp³-hybridized carbons (Fsp3) is 0.125. The molecule has 1 heterocycles. The maximum absolute atomic E-state index is 6.20. The summed E-state index contributed by atoms with van der Waals surface area (Å²) in [6.07, 6.45) is 4.06. The van der Waals surface area contributed by atoms with Crippen molar-refractivity contribution in [1.82, 2.24) is 14.9 Å². The number of methoxy groups -OCH3 is 1. The van der Waals surface area contributed by atoms with Crippen LogP contribution in [0.3, 0.4) is 0 Å². The SMILES string of the molecule is COc1ccc(/C=N\n2cn[nH]c2=S)cc1COc1ccccc1Cc1ccccc1. The Labute approximate surface area is 185 Å². The summed E-state index contributed by atoms with van der Waals surface area (Å²) in [5.74, 6) is 1.62. The van der Waals surface area contributed by atoms with Gasteiger partial charge in [-0.15, -0.1) is 0 Å². The van der Waals surface area contributed by atoms with Gasteiger partial charge in [0.05, 0.1) is 13.3 Å². The molecule has 0 amide bonds. The van der Waals surface area contributed by atoms with Gasteiger partial charge in [0.15, 0.2) is 0 Å². The van der Waals surface area contributed by atoms with Gasteiger partial charge in [0.1, 0.15) is 24.4 Å². The average molecular weight is 431 g/mol. The monoisotopic (exact) mass is 430 g/mol. The molecule has 0 bridgehead atoms. The highest BCUT2D eigenvalue weighted by Gasteiger charge is 2.08. The van der Waals surface area contributed by atoms with Crippen LogP contribution in [-0.4, -0.2) is 28.2 Å². The minimum absolute atomic E-state index is 0.377. The lowest BCUT2D eigenvalue weighted by molar-refractivity contribution is 0.294. The van der Waals surface area contributed by atoms with Crippen molar-refractivity contribution >= 4 is 18.4 Å². The average Bonchev–Trinajstić information content (AvgIpc) is 3.22. The van der Waals surface area contributed by atoms with Crippen molar-refractivity contribution in [2.75, 3.05) is 7.11 Å². The number of H-pyrrole nitrogens is 1. The zero-order valence-corrected chi connectivity index (χ0v) is 17.9. The van der Waals surface area contributed by atoms with Crippen LogP contribution < -0.4 is 9.47 Å². The molecule has 0 spiro atoms. The van der Waals surface area contributed by atoms with E-state index in [1.165, 1.54) is 16.6 Å². The van der Waals surface area contributed by atoms with Crippen molar-refractivity contribution in [2.45, 2.75) is 13.0 Å². The molecule has 1 N–H and O–H groups in total. The van der Waals surface area contributed by atoms with E-state index < -0.39 is 0 Å². The van der Waals surface area contributed by atoms with Gasteiger partial charge in [-0.25, -0.2) is 0 Å². The third-order valence-electron chi connectivity index (χ3n) is 4.76. The first-order valence-corrected chi connectivity index (χ1v) is 10.2. The van der Waals surface area contributed by atoms with E-state index in [4.69, 9.17) is 21.7 Å². The van der Waals surface area contributed by atoms with E-state index >= 15 is 0 Å². The Morgan fingerprint density at radius 2 is 1.81 bits per heavy atom. The molecule has 1 aromatic heterocycles. The molecule has 7 heteroatoms. The van der Waals surface area contributed by atoms with E-state index in [9.17, 15) is 0 Å². The Morgan fingerprint density at radius 1 is 1.00 bits per heavy atom. The van der Waals surface area contributed by atoms with E-state index in [1.54, 1.807) is 13.3 Å². The van der Waals surface area contributed by atoms with Crippen molar-refractivity contribution in [3.05, 3.63) is 106 Å². The van der Waals surface area contributed by atoms with Crippen LogP contribution in [0.25, 0.3) is 0 Å². The van der Waals surface area contributed by atoms with E-state index in [0.29, 0.717) is 11.4 Å². The lowest BCUT2D eigenvalue weighted by Crippen LogP contribution is -2.02. The minimum atomic E-state index is 0.377. The van der Waals surface area contributed by atoms with Crippen molar-refractivity contribution in [3.8, 4) is 11.5 Å². The predicted octanol–water partition coefficient (Wildman–Crippen LogP) is 5.00. The highest BCUT2D eigenvalue weighted by Crippen LogP contribution is 2.25. The first-order chi connectivity index (χ1) is 15.2. The number of hydrogen-bond acceptors (Lipinski definition) is 5. The van der Waals surface area contributed by atoms with Crippen LogP contribution in [0, 0.1) is 4.77 Å². The Morgan fingerprint density at radius 3 is 2.58 bits per heavy atom. The standard InChI is InChI=1S/C24H22N4O2S/c1-29-22-12-11-19(15-26-28-17-25-27-24(28)31)14-21(22)16-30-23-10-6-5-9-20(23)13-18-7-3-2-4-8-18/h2-12,14-15,17H,13,16H2,1H3,(H,27,31)/b26-15-. The molecular formula is C24H22N4O2S. The molecule has 4 aromatic rings. The minimum Gasteiger partial charge on any atom is -0.496 e. The summed E-state index contributed by atoms with van der Waals surface area (Å²) >= 11 is 5.11. The molecule has 156 valence electrons. The van der Waals surface area contributed by atoms with Crippen LogP contribution in [0.4, 0.5) is 0 Å². The van der Waals surface area contributed by atoms with E-state index in [0.717, 1.165) is 34.6 Å². The summed E-state index contributed by atoms with van der Waals surface area (Å²) in [4.78, 5) is 0. The first kappa shape index (κ1) is 20.6. The van der Waals surface area contributed by atoms with E-state index in [-0.39, 0.29) is 0 Å². The van der Waals surface area contributed by atoms with Crippen molar-refractivity contribution < 1.29 is 9.47 Å². The maximum Gasteiger partial charge on any atom is 0.216 e. The second-order valence-corrected chi connectivity index (χ2v) is 7.27. The van der Waals surface area contributed by atoms with Gasteiger partial charge in [-0.05, 0) is 53.2 Å². The molecule has 0 radical (unpaired) electrons. The number of para-hydroxylation sites is 1.